The molecule has 2 aromatic rings. The number of carboxylic acids is 2. The van der Waals surface area contributed by atoms with Gasteiger partial charge in [0.15, 0.2) is 12.1 Å². The maximum atomic E-state index is 13.2. The summed E-state index contributed by atoms with van der Waals surface area (Å²) < 4.78 is 12.4. The molecule has 37 heavy (non-hydrogen) atoms. The van der Waals surface area contributed by atoms with Crippen molar-refractivity contribution >= 4 is 35.5 Å². The minimum absolute atomic E-state index is 0. The van der Waals surface area contributed by atoms with E-state index < -0.39 is 41.6 Å². The summed E-state index contributed by atoms with van der Waals surface area (Å²) in [5, 5.41) is 42.6. The molecular weight excluding hydrogens is 523 g/mol. The van der Waals surface area contributed by atoms with Crippen molar-refractivity contribution in [2.24, 2.45) is 7.05 Å². The van der Waals surface area contributed by atoms with Crippen LogP contribution in [0.2, 0.25) is 0 Å². The number of tetrazole rings is 1. The first kappa shape index (κ1) is 28.5. The van der Waals surface area contributed by atoms with Crippen molar-refractivity contribution in [1.82, 2.24) is 30.4 Å². The summed E-state index contributed by atoms with van der Waals surface area (Å²) in [5.41, 5.74) is -2.17. The fourth-order valence-electron chi connectivity index (χ4n) is 3.88. The van der Waals surface area contributed by atoms with Crippen LogP contribution in [0.4, 0.5) is 0 Å². The van der Waals surface area contributed by atoms with Gasteiger partial charge in [0.05, 0.1) is 6.61 Å². The molecule has 2 aliphatic rings. The zero-order chi connectivity index (χ0) is 26.2. The summed E-state index contributed by atoms with van der Waals surface area (Å²) in [6.07, 6.45) is -1.36. The predicted molar refractivity (Wildman–Crippen MR) is 118 cm³/mol. The Hall–Kier alpha value is -3.02. The van der Waals surface area contributed by atoms with E-state index in [0.717, 1.165) is 23.8 Å². The van der Waals surface area contributed by atoms with Gasteiger partial charge in [0, 0.05) is 19.9 Å². The van der Waals surface area contributed by atoms with Gasteiger partial charge in [-0.3, -0.25) is 19.3 Å². The third-order valence-electron chi connectivity index (χ3n) is 5.64. The molecule has 17 heteroatoms. The number of rotatable bonds is 9. The van der Waals surface area contributed by atoms with Gasteiger partial charge in [-0.25, -0.2) is 9.48 Å². The molecule has 2 amide bonds. The standard InChI is InChI=1S/C20H20N6O9S.Na.H/c1-25-19(22-23-24-25)36-8-10-7-35-18-20(34-2,17(33)26(18)13(10)16(31)32)21-14(28)12(15(29)30)9-3-5-11(27)6-4-9;;/h3-6,12,18,27H,7-8H2,1-2H3,(H,21,28)(H,29,30)(H,31,32);;/q;+1;-1/t12-,18-,20+;;/m1../s1. The minimum Gasteiger partial charge on any atom is -1.00 e. The van der Waals surface area contributed by atoms with E-state index in [-0.39, 0.29) is 65.9 Å². The van der Waals surface area contributed by atoms with Gasteiger partial charge in [-0.15, -0.1) is 5.10 Å². The first-order chi connectivity index (χ1) is 17.1. The average molecular weight is 544 g/mol. The second-order valence-corrected chi connectivity index (χ2v) is 8.70. The predicted octanol–water partition coefficient (Wildman–Crippen LogP) is -4.01. The van der Waals surface area contributed by atoms with Crippen LogP contribution >= 0.6 is 11.8 Å². The van der Waals surface area contributed by atoms with Crippen molar-refractivity contribution in [3.05, 3.63) is 41.1 Å². The number of hydrogen-bond acceptors (Lipinski definition) is 11. The molecule has 1 aromatic carbocycles. The zero-order valence-electron chi connectivity index (χ0n) is 20.8. The second kappa shape index (κ2) is 11.2. The van der Waals surface area contributed by atoms with Gasteiger partial charge >= 0.3 is 41.5 Å². The van der Waals surface area contributed by atoms with Crippen LogP contribution in [0.3, 0.4) is 0 Å². The normalized spacial score (nSPS) is 21.4. The topological polar surface area (TPSA) is 206 Å². The summed E-state index contributed by atoms with van der Waals surface area (Å²) in [7, 11) is 2.71. The van der Waals surface area contributed by atoms with E-state index in [4.69, 9.17) is 9.47 Å². The van der Waals surface area contributed by atoms with E-state index in [0.29, 0.717) is 5.16 Å². The van der Waals surface area contributed by atoms with E-state index >= 15 is 0 Å². The molecule has 0 spiro atoms. The third-order valence-corrected chi connectivity index (χ3v) is 6.73. The van der Waals surface area contributed by atoms with Gasteiger partial charge in [0.1, 0.15) is 11.4 Å². The molecule has 3 atom stereocenters. The molecule has 0 radical (unpaired) electrons. The van der Waals surface area contributed by atoms with Gasteiger partial charge in [-0.05, 0) is 33.7 Å². The maximum Gasteiger partial charge on any atom is 1.00 e. The fourth-order valence-corrected chi connectivity index (χ4v) is 4.72. The number of ether oxygens (including phenoxy) is 2. The molecule has 2 aliphatic heterocycles. The number of amides is 2. The smallest absolute Gasteiger partial charge is 1.00 e. The molecule has 4 rings (SSSR count). The average Bonchev–Trinajstić information content (AvgIpc) is 3.25. The molecule has 3 heterocycles. The summed E-state index contributed by atoms with van der Waals surface area (Å²) in [4.78, 5) is 51.0. The molecule has 0 unspecified atom stereocenters. The Morgan fingerprint density at radius 1 is 1.32 bits per heavy atom. The number of phenols is 1. The minimum atomic E-state index is -2.14. The second-order valence-electron chi connectivity index (χ2n) is 7.76. The number of hydrogen-bond donors (Lipinski definition) is 4. The number of carbonyl (C=O) groups excluding carboxylic acids is 2. The number of aromatic nitrogens is 4. The van der Waals surface area contributed by atoms with E-state index in [1.54, 1.807) is 7.05 Å². The number of fused-ring (bicyclic) bond motifs is 1. The molecule has 1 fully saturated rings. The third kappa shape index (κ3) is 5.07. The van der Waals surface area contributed by atoms with E-state index in [1.807, 2.05) is 0 Å². The Bertz CT molecular complexity index is 1280. The quantitative estimate of drug-likeness (QED) is 0.0781. The molecule has 192 valence electrons. The Kier molecular flexibility index (Phi) is 8.61. The summed E-state index contributed by atoms with van der Waals surface area (Å²) in [6.45, 7) is -0.213. The van der Waals surface area contributed by atoms with Crippen molar-refractivity contribution < 1.29 is 75.0 Å². The SMILES string of the molecule is CO[C@@]1(NC(=O)[C@H](C(=O)O)c2ccc(O)cc2)C(=O)N2C(C(=O)O)=C(CSc3nnnn3C)CO[C@@H]21.[H-].[Na+]. The Balaban J connectivity index is 0.00000253. The number of thioether (sulfide) groups is 1. The molecule has 4 N–H and O–H groups in total. The first-order valence-electron chi connectivity index (χ1n) is 10.2. The monoisotopic (exact) mass is 544 g/mol. The first-order valence-corrected chi connectivity index (χ1v) is 11.2. The number of aromatic hydroxyl groups is 1. The van der Waals surface area contributed by atoms with Gasteiger partial charge in [-0.2, -0.15) is 0 Å². The van der Waals surface area contributed by atoms with Crippen molar-refractivity contribution in [2.75, 3.05) is 19.5 Å². The van der Waals surface area contributed by atoms with Crippen LogP contribution in [-0.4, -0.2) is 95.6 Å². The summed E-state index contributed by atoms with van der Waals surface area (Å²) in [5.74, 6) is -6.73. The Morgan fingerprint density at radius 2 is 2.00 bits per heavy atom. The van der Waals surface area contributed by atoms with Crippen molar-refractivity contribution in [2.45, 2.75) is 23.0 Å². The molecule has 15 nitrogen and oxygen atoms in total. The zero-order valence-corrected chi connectivity index (χ0v) is 22.6. The number of methoxy groups -OCH3 is 1. The van der Waals surface area contributed by atoms with Crippen molar-refractivity contribution in [3.63, 3.8) is 0 Å². The number of aryl methyl sites for hydroxylation is 1. The Morgan fingerprint density at radius 3 is 2.54 bits per heavy atom. The van der Waals surface area contributed by atoms with Crippen LogP contribution in [0.15, 0.2) is 40.7 Å². The molecule has 0 saturated carbocycles. The molecule has 1 aromatic heterocycles. The number of benzene rings is 1. The van der Waals surface area contributed by atoms with Crippen LogP contribution in [0.25, 0.3) is 0 Å². The van der Waals surface area contributed by atoms with Crippen LogP contribution in [0.5, 0.6) is 5.75 Å². The Labute approximate surface area is 236 Å². The van der Waals surface area contributed by atoms with Gasteiger partial charge in [0.25, 0.3) is 11.6 Å². The number of nitrogens with one attached hydrogen (secondary N) is 1. The molecular formula is C20H21N6NaO9S. The number of aliphatic carboxylic acids is 2. The van der Waals surface area contributed by atoms with Crippen LogP contribution in [0, 0.1) is 0 Å². The van der Waals surface area contributed by atoms with E-state index in [2.05, 4.69) is 20.8 Å². The number of carboxylic acid groups (broad SMARTS) is 2. The maximum absolute atomic E-state index is 13.2. The molecule has 1 saturated heterocycles. The largest absolute Gasteiger partial charge is 1.00 e. The van der Waals surface area contributed by atoms with Crippen LogP contribution < -0.4 is 34.9 Å². The summed E-state index contributed by atoms with van der Waals surface area (Å²) >= 11 is 1.14. The summed E-state index contributed by atoms with van der Waals surface area (Å²) in [6, 6.07) is 4.93. The van der Waals surface area contributed by atoms with Crippen molar-refractivity contribution in [1.29, 1.82) is 0 Å². The number of phenolic OH excluding ortho intramolecular Hbond substituents is 1. The van der Waals surface area contributed by atoms with Crippen molar-refractivity contribution in [3.8, 4) is 5.75 Å². The van der Waals surface area contributed by atoms with Crippen LogP contribution in [0.1, 0.15) is 12.9 Å². The van der Waals surface area contributed by atoms with Gasteiger partial charge in [-0.1, -0.05) is 23.9 Å². The molecule has 0 aliphatic carbocycles. The van der Waals surface area contributed by atoms with E-state index in [1.165, 1.54) is 28.9 Å². The fraction of sp³-hybridized carbons (Fsp3) is 0.350. The van der Waals surface area contributed by atoms with Crippen LogP contribution in [-0.2, 0) is 35.7 Å². The number of β-lactam (4-membered cyclic amide) rings is 1. The van der Waals surface area contributed by atoms with E-state index in [9.17, 15) is 34.5 Å². The number of carbonyl (C=O) groups is 4. The van der Waals surface area contributed by atoms with Gasteiger partial charge < -0.3 is 31.5 Å². The number of nitrogens with zero attached hydrogens (tertiary/aromatic N) is 5. The van der Waals surface area contributed by atoms with Gasteiger partial charge in [0.2, 0.25) is 11.1 Å². The molecule has 0 bridgehead atoms.